The van der Waals surface area contributed by atoms with Crippen molar-refractivity contribution >= 4 is 17.1 Å². The van der Waals surface area contributed by atoms with E-state index >= 15 is 0 Å². The van der Waals surface area contributed by atoms with Crippen LogP contribution in [0.1, 0.15) is 12.0 Å². The molecular weight excluding hydrogens is 328 g/mol. The molecule has 142 valence electrons. The summed E-state index contributed by atoms with van der Waals surface area (Å²) in [5.74, 6) is 0.743. The average molecular weight is 358 g/mol. The van der Waals surface area contributed by atoms with E-state index in [0.29, 0.717) is 11.9 Å². The number of aryl methyl sites for hydroxylation is 1. The molecule has 0 unspecified atom stereocenters. The molecule has 2 saturated heterocycles. The molecule has 2 aliphatic rings. The van der Waals surface area contributed by atoms with Gasteiger partial charge < -0.3 is 24.2 Å². The number of aliphatic hydroxyl groups is 1. The summed E-state index contributed by atoms with van der Waals surface area (Å²) >= 11 is 0. The third-order valence-electron chi connectivity index (χ3n) is 5.92. The van der Waals surface area contributed by atoms with Crippen molar-refractivity contribution in [1.29, 1.82) is 0 Å². The predicted octanol–water partition coefficient (Wildman–Crippen LogP) is 1.82. The van der Waals surface area contributed by atoms with Crippen LogP contribution in [0.4, 0.5) is 6.01 Å². The summed E-state index contributed by atoms with van der Waals surface area (Å²) in [6.45, 7) is 9.66. The highest BCUT2D eigenvalue weighted by molar-refractivity contribution is 5.75. The zero-order chi connectivity index (χ0) is 18.1. The first-order chi connectivity index (χ1) is 12.6. The molecule has 0 aliphatic carbocycles. The predicted molar refractivity (Wildman–Crippen MR) is 104 cm³/mol. The number of hydrogen-bond donors (Lipinski definition) is 1. The highest BCUT2D eigenvalue weighted by Crippen LogP contribution is 2.31. The van der Waals surface area contributed by atoms with Crippen LogP contribution >= 0.6 is 0 Å². The number of fused-ring (bicyclic) bond motifs is 1. The van der Waals surface area contributed by atoms with Crippen LogP contribution in [-0.4, -0.2) is 79.4 Å². The fraction of sp³-hybridized carbons (Fsp3) is 0.650. The Balaban J connectivity index is 1.45. The Morgan fingerprint density at radius 2 is 2.00 bits per heavy atom. The SMILES string of the molecule is Cc1ccc2oc(N3C[C@@H](CN4CCCN(C)CC4)[C@@H](CO)C3)nc2c1. The minimum atomic E-state index is 0.230. The quantitative estimate of drug-likeness (QED) is 0.900. The number of rotatable bonds is 4. The Morgan fingerprint density at radius 3 is 2.85 bits per heavy atom. The van der Waals surface area contributed by atoms with E-state index in [9.17, 15) is 5.11 Å². The molecule has 4 rings (SSSR count). The van der Waals surface area contributed by atoms with Gasteiger partial charge in [0, 0.05) is 45.2 Å². The van der Waals surface area contributed by atoms with Crippen molar-refractivity contribution in [2.75, 3.05) is 64.4 Å². The van der Waals surface area contributed by atoms with Crippen LogP contribution in [0.2, 0.25) is 0 Å². The molecule has 0 spiro atoms. The second kappa shape index (κ2) is 7.55. The van der Waals surface area contributed by atoms with Gasteiger partial charge in [0.1, 0.15) is 5.52 Å². The van der Waals surface area contributed by atoms with Gasteiger partial charge in [-0.3, -0.25) is 0 Å². The van der Waals surface area contributed by atoms with Crippen molar-refractivity contribution in [3.63, 3.8) is 0 Å². The summed E-state index contributed by atoms with van der Waals surface area (Å²) in [4.78, 5) is 11.9. The largest absolute Gasteiger partial charge is 0.423 e. The lowest BCUT2D eigenvalue weighted by atomic mass is 9.96. The highest BCUT2D eigenvalue weighted by atomic mass is 16.4. The topological polar surface area (TPSA) is 56.0 Å². The maximum absolute atomic E-state index is 9.90. The maximum atomic E-state index is 9.90. The number of oxazole rings is 1. The minimum absolute atomic E-state index is 0.230. The molecule has 1 aromatic heterocycles. The number of likely N-dealkylation sites (N-methyl/N-ethyl adjacent to an activating group) is 1. The van der Waals surface area contributed by atoms with E-state index in [-0.39, 0.29) is 12.5 Å². The number of aromatic nitrogens is 1. The summed E-state index contributed by atoms with van der Waals surface area (Å²) in [6.07, 6.45) is 1.22. The molecule has 1 aromatic carbocycles. The van der Waals surface area contributed by atoms with Crippen LogP contribution in [0.15, 0.2) is 22.6 Å². The molecule has 2 fully saturated rings. The standard InChI is InChI=1S/C20H30N4O2/c1-15-4-5-19-18(10-15)21-20(26-19)24-12-16(17(13-24)14-25)11-23-7-3-6-22(2)8-9-23/h4-5,10,16-17,25H,3,6-9,11-14H2,1-2H3/t16-,17-/m1/s1. The van der Waals surface area contributed by atoms with E-state index in [4.69, 9.17) is 4.42 Å². The Labute approximate surface area is 155 Å². The Hall–Kier alpha value is -1.63. The van der Waals surface area contributed by atoms with Gasteiger partial charge in [0.05, 0.1) is 0 Å². The Morgan fingerprint density at radius 1 is 1.15 bits per heavy atom. The van der Waals surface area contributed by atoms with Gasteiger partial charge in [-0.15, -0.1) is 0 Å². The lowest BCUT2D eigenvalue weighted by molar-refractivity contribution is 0.165. The van der Waals surface area contributed by atoms with Gasteiger partial charge in [-0.05, 0) is 57.1 Å². The van der Waals surface area contributed by atoms with Crippen molar-refractivity contribution in [3.05, 3.63) is 23.8 Å². The van der Waals surface area contributed by atoms with E-state index in [1.807, 2.05) is 6.07 Å². The van der Waals surface area contributed by atoms with Crippen LogP contribution in [-0.2, 0) is 0 Å². The molecule has 2 atom stereocenters. The number of aliphatic hydroxyl groups excluding tert-OH is 1. The highest BCUT2D eigenvalue weighted by Gasteiger charge is 2.35. The molecule has 26 heavy (non-hydrogen) atoms. The summed E-state index contributed by atoms with van der Waals surface area (Å²) in [5.41, 5.74) is 2.95. The number of hydrogen-bond acceptors (Lipinski definition) is 6. The molecular formula is C20H30N4O2. The molecule has 2 aromatic rings. The van der Waals surface area contributed by atoms with E-state index in [2.05, 4.69) is 45.8 Å². The van der Waals surface area contributed by atoms with Gasteiger partial charge in [-0.25, -0.2) is 0 Å². The first-order valence-corrected chi connectivity index (χ1v) is 9.76. The molecule has 0 bridgehead atoms. The number of nitrogens with zero attached hydrogens (tertiary/aromatic N) is 4. The zero-order valence-electron chi connectivity index (χ0n) is 15.9. The molecule has 0 amide bonds. The lowest BCUT2D eigenvalue weighted by Gasteiger charge is -2.26. The summed E-state index contributed by atoms with van der Waals surface area (Å²) in [6, 6.07) is 6.80. The smallest absolute Gasteiger partial charge is 0.298 e. The molecule has 1 N–H and O–H groups in total. The van der Waals surface area contributed by atoms with Crippen molar-refractivity contribution in [2.24, 2.45) is 11.8 Å². The molecule has 0 saturated carbocycles. The van der Waals surface area contributed by atoms with Crippen molar-refractivity contribution in [3.8, 4) is 0 Å². The van der Waals surface area contributed by atoms with Gasteiger partial charge in [-0.1, -0.05) is 6.07 Å². The molecule has 2 aliphatic heterocycles. The van der Waals surface area contributed by atoms with Crippen LogP contribution in [0, 0.1) is 18.8 Å². The van der Waals surface area contributed by atoms with Gasteiger partial charge in [0.25, 0.3) is 6.01 Å². The van der Waals surface area contributed by atoms with E-state index in [1.165, 1.54) is 18.5 Å². The lowest BCUT2D eigenvalue weighted by Crippen LogP contribution is -2.36. The first kappa shape index (κ1) is 17.8. The second-order valence-electron chi connectivity index (χ2n) is 8.03. The fourth-order valence-corrected chi connectivity index (χ4v) is 4.28. The van der Waals surface area contributed by atoms with E-state index in [1.54, 1.807) is 0 Å². The van der Waals surface area contributed by atoms with E-state index < -0.39 is 0 Å². The molecule has 6 nitrogen and oxygen atoms in total. The van der Waals surface area contributed by atoms with Gasteiger partial charge in [0.2, 0.25) is 0 Å². The summed E-state index contributed by atoms with van der Waals surface area (Å²) < 4.78 is 5.99. The summed E-state index contributed by atoms with van der Waals surface area (Å²) in [7, 11) is 2.20. The third kappa shape index (κ3) is 3.72. The Kier molecular flexibility index (Phi) is 5.16. The Bertz CT molecular complexity index is 746. The summed E-state index contributed by atoms with van der Waals surface area (Å²) in [5, 5.41) is 9.90. The molecule has 3 heterocycles. The number of benzene rings is 1. The van der Waals surface area contributed by atoms with Crippen LogP contribution in [0.5, 0.6) is 0 Å². The third-order valence-corrected chi connectivity index (χ3v) is 5.92. The average Bonchev–Trinajstić information content (AvgIpc) is 3.16. The van der Waals surface area contributed by atoms with Crippen LogP contribution in [0.3, 0.4) is 0 Å². The maximum Gasteiger partial charge on any atom is 0.298 e. The van der Waals surface area contributed by atoms with Gasteiger partial charge in [0.15, 0.2) is 5.58 Å². The van der Waals surface area contributed by atoms with E-state index in [0.717, 1.165) is 50.4 Å². The molecule has 6 heteroatoms. The fourth-order valence-electron chi connectivity index (χ4n) is 4.28. The monoisotopic (exact) mass is 358 g/mol. The van der Waals surface area contributed by atoms with Gasteiger partial charge >= 0.3 is 0 Å². The minimum Gasteiger partial charge on any atom is -0.423 e. The van der Waals surface area contributed by atoms with Crippen molar-refractivity contribution in [1.82, 2.24) is 14.8 Å². The second-order valence-corrected chi connectivity index (χ2v) is 8.03. The van der Waals surface area contributed by atoms with Gasteiger partial charge in [-0.2, -0.15) is 4.98 Å². The first-order valence-electron chi connectivity index (χ1n) is 9.76. The normalized spacial score (nSPS) is 25.9. The van der Waals surface area contributed by atoms with Crippen molar-refractivity contribution in [2.45, 2.75) is 13.3 Å². The zero-order valence-corrected chi connectivity index (χ0v) is 15.9. The van der Waals surface area contributed by atoms with Crippen LogP contribution in [0.25, 0.3) is 11.1 Å². The molecule has 0 radical (unpaired) electrons. The van der Waals surface area contributed by atoms with Crippen molar-refractivity contribution < 1.29 is 9.52 Å². The van der Waals surface area contributed by atoms with Crippen LogP contribution < -0.4 is 4.90 Å². The number of anilines is 1.